The number of rotatable bonds is 3. The van der Waals surface area contributed by atoms with Gasteiger partial charge in [-0.15, -0.1) is 0 Å². The lowest BCUT2D eigenvalue weighted by atomic mass is 9.99. The van der Waals surface area contributed by atoms with E-state index in [1.54, 1.807) is 0 Å². The summed E-state index contributed by atoms with van der Waals surface area (Å²) in [4.78, 5) is 0. The van der Waals surface area contributed by atoms with E-state index in [9.17, 15) is 0 Å². The molecule has 1 aromatic rings. The van der Waals surface area contributed by atoms with Crippen LogP contribution < -0.4 is 0 Å². The molecule has 4 atom stereocenters. The number of ether oxygens (including phenoxy) is 3. The summed E-state index contributed by atoms with van der Waals surface area (Å²) >= 11 is 0. The maximum Gasteiger partial charge on any atom is 0.192 e. The second-order valence-electron chi connectivity index (χ2n) is 10.8. The zero-order valence-electron chi connectivity index (χ0n) is 18.1. The molecule has 0 unspecified atom stereocenters. The zero-order chi connectivity index (χ0) is 20.1. The van der Waals surface area contributed by atoms with Crippen LogP contribution in [0.3, 0.4) is 0 Å². The first-order valence-corrected chi connectivity index (χ1v) is 13.4. The fourth-order valence-electron chi connectivity index (χ4n) is 4.68. The van der Waals surface area contributed by atoms with E-state index in [2.05, 4.69) is 58.1 Å². The van der Waals surface area contributed by atoms with Crippen LogP contribution in [-0.2, 0) is 18.6 Å². The molecule has 0 N–H and O–H groups in total. The van der Waals surface area contributed by atoms with Crippen molar-refractivity contribution in [3.8, 4) is 0 Å². The Hall–Kier alpha value is -0.983. The van der Waals surface area contributed by atoms with E-state index in [0.717, 1.165) is 6.42 Å². The summed E-state index contributed by atoms with van der Waals surface area (Å²) in [6.45, 7) is 16.1. The molecule has 4 nitrogen and oxygen atoms in total. The molecule has 1 spiro atoms. The van der Waals surface area contributed by atoms with Crippen LogP contribution in [0.4, 0.5) is 0 Å². The van der Waals surface area contributed by atoms with Gasteiger partial charge in [0.25, 0.3) is 0 Å². The molecule has 5 rings (SSSR count). The molecule has 2 heterocycles. The van der Waals surface area contributed by atoms with Crippen LogP contribution in [-0.4, -0.2) is 32.4 Å². The largest absolute Gasteiger partial charge is 0.410 e. The average Bonchev–Trinajstić information content (AvgIpc) is 2.86. The van der Waals surface area contributed by atoms with Crippen molar-refractivity contribution >= 4 is 13.9 Å². The molecular weight excluding hydrogens is 368 g/mol. The summed E-state index contributed by atoms with van der Waals surface area (Å²) in [6, 6.07) is 6.69. The van der Waals surface area contributed by atoms with E-state index in [1.165, 1.54) is 22.3 Å². The van der Waals surface area contributed by atoms with Gasteiger partial charge in [-0.1, -0.05) is 39.0 Å². The number of hydrogen-bond acceptors (Lipinski definition) is 4. The molecule has 0 amide bonds. The number of hydrogen-bond donors (Lipinski definition) is 0. The molecule has 2 aliphatic carbocycles. The monoisotopic (exact) mass is 400 g/mol. The fourth-order valence-corrected chi connectivity index (χ4v) is 5.94. The van der Waals surface area contributed by atoms with Crippen LogP contribution in [0.15, 0.2) is 24.3 Å². The van der Waals surface area contributed by atoms with Gasteiger partial charge in [0.1, 0.15) is 17.8 Å². The summed E-state index contributed by atoms with van der Waals surface area (Å²) in [6.07, 6.45) is 3.64. The van der Waals surface area contributed by atoms with Gasteiger partial charge in [-0.3, -0.25) is 0 Å². The van der Waals surface area contributed by atoms with Crippen LogP contribution >= 0.6 is 0 Å². The van der Waals surface area contributed by atoms with Crippen LogP contribution in [0.5, 0.6) is 0 Å². The summed E-state index contributed by atoms with van der Waals surface area (Å²) in [5.41, 5.74) is 5.02. The Morgan fingerprint density at radius 3 is 2.54 bits per heavy atom. The molecule has 0 aromatic heterocycles. The lowest BCUT2D eigenvalue weighted by Gasteiger charge is -2.38. The maximum absolute atomic E-state index is 6.70. The van der Waals surface area contributed by atoms with Crippen molar-refractivity contribution in [2.24, 2.45) is 0 Å². The molecule has 0 saturated carbocycles. The van der Waals surface area contributed by atoms with E-state index in [0.29, 0.717) is 6.61 Å². The summed E-state index contributed by atoms with van der Waals surface area (Å²) in [7, 11) is -1.81. The normalized spacial score (nSPS) is 35.4. The molecule has 152 valence electrons. The fraction of sp³-hybridized carbons (Fsp3) is 0.652. The van der Waals surface area contributed by atoms with Gasteiger partial charge in [0.15, 0.2) is 14.1 Å². The third-order valence-corrected chi connectivity index (χ3v) is 11.8. The van der Waals surface area contributed by atoms with Crippen molar-refractivity contribution in [1.29, 1.82) is 0 Å². The first kappa shape index (κ1) is 19.0. The standard InChI is InChI=1S/C23H32O4Si/c1-21(2,3)28(6,7)27-15-11-18-17-10-14(19-13-24-22(4,5)25-19)8-9-16(17)20-23(18,12-15)26-20/h8-11,15,19-20H,12-13H2,1-7H3/t15-,19-,20+,23-/m1/s1. The highest BCUT2D eigenvalue weighted by atomic mass is 28.4. The highest BCUT2D eigenvalue weighted by Crippen LogP contribution is 2.69. The van der Waals surface area contributed by atoms with Crippen LogP contribution in [0.1, 0.15) is 69.9 Å². The molecule has 2 saturated heterocycles. The summed E-state index contributed by atoms with van der Waals surface area (Å²) in [5, 5.41) is 0.211. The van der Waals surface area contributed by atoms with Crippen molar-refractivity contribution in [2.75, 3.05) is 6.61 Å². The molecular formula is C23H32O4Si. The third kappa shape index (κ3) is 2.71. The van der Waals surface area contributed by atoms with Crippen molar-refractivity contribution in [1.82, 2.24) is 0 Å². The topological polar surface area (TPSA) is 40.2 Å². The Balaban J connectivity index is 1.43. The van der Waals surface area contributed by atoms with Crippen LogP contribution in [0.2, 0.25) is 18.1 Å². The molecule has 2 fully saturated rings. The minimum Gasteiger partial charge on any atom is -0.410 e. The van der Waals surface area contributed by atoms with Crippen molar-refractivity contribution < 1.29 is 18.6 Å². The first-order chi connectivity index (χ1) is 12.9. The maximum atomic E-state index is 6.70. The van der Waals surface area contributed by atoms with Gasteiger partial charge >= 0.3 is 0 Å². The second kappa shape index (κ2) is 5.58. The van der Waals surface area contributed by atoms with Crippen LogP contribution in [0.25, 0.3) is 5.57 Å². The van der Waals surface area contributed by atoms with Gasteiger partial charge in [0, 0.05) is 6.42 Å². The number of benzene rings is 1. The van der Waals surface area contributed by atoms with Crippen molar-refractivity contribution in [3.05, 3.63) is 41.0 Å². The van der Waals surface area contributed by atoms with E-state index in [-0.39, 0.29) is 29.0 Å². The third-order valence-electron chi connectivity index (χ3n) is 7.29. The molecule has 4 aliphatic rings. The molecule has 0 bridgehead atoms. The molecule has 2 aliphatic heterocycles. The van der Waals surface area contributed by atoms with E-state index < -0.39 is 14.1 Å². The predicted molar refractivity (Wildman–Crippen MR) is 112 cm³/mol. The van der Waals surface area contributed by atoms with Crippen molar-refractivity contribution in [3.63, 3.8) is 0 Å². The number of fused-ring (bicyclic) bond motifs is 3. The van der Waals surface area contributed by atoms with E-state index in [4.69, 9.17) is 18.6 Å². The van der Waals surface area contributed by atoms with E-state index in [1.807, 2.05) is 13.8 Å². The molecule has 28 heavy (non-hydrogen) atoms. The Morgan fingerprint density at radius 1 is 1.14 bits per heavy atom. The summed E-state index contributed by atoms with van der Waals surface area (Å²) < 4.78 is 24.8. The molecule has 0 radical (unpaired) electrons. The van der Waals surface area contributed by atoms with Crippen LogP contribution in [0, 0.1) is 0 Å². The Labute approximate surface area is 169 Å². The molecule has 5 heteroatoms. The number of epoxide rings is 1. The SMILES string of the molecule is CC1(C)OC[C@H](c2ccc3c(c2)C2=C[C@@H](O[Si](C)(C)C(C)(C)C)C[C@@]24O[C@@H]34)O1. The smallest absolute Gasteiger partial charge is 0.192 e. The van der Waals surface area contributed by atoms with E-state index >= 15 is 0 Å². The highest BCUT2D eigenvalue weighted by molar-refractivity contribution is 6.74. The Morgan fingerprint density at radius 2 is 1.89 bits per heavy atom. The Kier molecular flexibility index (Phi) is 3.79. The predicted octanol–water partition coefficient (Wildman–Crippen LogP) is 5.51. The highest BCUT2D eigenvalue weighted by Gasteiger charge is 2.68. The lowest BCUT2D eigenvalue weighted by Crippen LogP contribution is -2.43. The zero-order valence-corrected chi connectivity index (χ0v) is 19.1. The van der Waals surface area contributed by atoms with Gasteiger partial charge in [-0.25, -0.2) is 0 Å². The molecule has 1 aromatic carbocycles. The van der Waals surface area contributed by atoms with Gasteiger partial charge in [-0.05, 0) is 60.3 Å². The minimum absolute atomic E-state index is 0.00428. The average molecular weight is 401 g/mol. The van der Waals surface area contributed by atoms with Gasteiger partial charge in [-0.2, -0.15) is 0 Å². The minimum atomic E-state index is -1.81. The van der Waals surface area contributed by atoms with Crippen molar-refractivity contribution in [2.45, 2.75) is 88.9 Å². The quantitative estimate of drug-likeness (QED) is 0.495. The lowest BCUT2D eigenvalue weighted by molar-refractivity contribution is -0.139. The second-order valence-corrected chi connectivity index (χ2v) is 15.5. The van der Waals surface area contributed by atoms with Gasteiger partial charge in [0.05, 0.1) is 12.7 Å². The first-order valence-electron chi connectivity index (χ1n) is 10.5. The van der Waals surface area contributed by atoms with Gasteiger partial charge in [0.2, 0.25) is 0 Å². The van der Waals surface area contributed by atoms with Gasteiger partial charge < -0.3 is 18.6 Å². The summed E-state index contributed by atoms with van der Waals surface area (Å²) in [5.74, 6) is -0.509. The Bertz CT molecular complexity index is 866.